The molecule has 0 aliphatic carbocycles. The predicted molar refractivity (Wildman–Crippen MR) is 126 cm³/mol. The molecule has 3 fully saturated rings. The van der Waals surface area contributed by atoms with Crippen molar-refractivity contribution in [2.45, 2.75) is 108 Å². The van der Waals surface area contributed by atoms with Crippen LogP contribution >= 0.6 is 0 Å². The number of hydrogen-bond donors (Lipinski definition) is 3. The third-order valence-electron chi connectivity index (χ3n) is 7.90. The molecular formula is C26H35F6N3O3. The number of nitrogens with one attached hydrogen (secondary N) is 3. The smallest absolute Gasteiger partial charge is 0.357 e. The van der Waals surface area contributed by atoms with Gasteiger partial charge in [-0.2, -0.15) is 26.3 Å². The van der Waals surface area contributed by atoms with Crippen LogP contribution in [0.25, 0.3) is 0 Å². The second-order valence-corrected chi connectivity index (χ2v) is 11.4. The zero-order chi connectivity index (χ0) is 27.8. The van der Waals surface area contributed by atoms with E-state index in [1.54, 1.807) is 44.2 Å². The normalized spacial score (nSPS) is 35.1. The molecule has 0 spiro atoms. The molecule has 3 saturated heterocycles. The van der Waals surface area contributed by atoms with Crippen molar-refractivity contribution >= 4 is 5.78 Å². The summed E-state index contributed by atoms with van der Waals surface area (Å²) in [6.45, 7) is 3.22. The summed E-state index contributed by atoms with van der Waals surface area (Å²) in [5.74, 6) is -2.42. The van der Waals surface area contributed by atoms with Gasteiger partial charge in [-0.25, -0.2) is 10.9 Å². The van der Waals surface area contributed by atoms with Crippen LogP contribution in [-0.4, -0.2) is 48.3 Å². The highest BCUT2D eigenvalue weighted by molar-refractivity contribution is 5.85. The van der Waals surface area contributed by atoms with Crippen LogP contribution in [0.5, 0.6) is 0 Å². The highest BCUT2D eigenvalue weighted by atomic mass is 19.4. The van der Waals surface area contributed by atoms with Gasteiger partial charge in [-0.05, 0) is 36.7 Å². The molecule has 0 radical (unpaired) electrons. The Bertz CT molecular complexity index is 958. The summed E-state index contributed by atoms with van der Waals surface area (Å²) in [6.07, 6.45) is -12.2. The van der Waals surface area contributed by atoms with Crippen molar-refractivity contribution in [1.82, 2.24) is 16.2 Å². The first kappa shape index (κ1) is 29.3. The number of piperidine rings is 1. The topological polar surface area (TPSA) is 71.6 Å². The van der Waals surface area contributed by atoms with Gasteiger partial charge in [0.1, 0.15) is 6.23 Å². The van der Waals surface area contributed by atoms with E-state index in [4.69, 9.17) is 9.47 Å². The van der Waals surface area contributed by atoms with Crippen LogP contribution in [0, 0.1) is 11.3 Å². The molecule has 4 rings (SSSR count). The van der Waals surface area contributed by atoms with Gasteiger partial charge in [0.15, 0.2) is 12.0 Å². The fourth-order valence-corrected chi connectivity index (χ4v) is 5.76. The van der Waals surface area contributed by atoms with E-state index >= 15 is 0 Å². The van der Waals surface area contributed by atoms with Gasteiger partial charge in [0.25, 0.3) is 0 Å². The molecule has 214 valence electrons. The highest BCUT2D eigenvalue weighted by Gasteiger charge is 2.63. The van der Waals surface area contributed by atoms with Gasteiger partial charge in [-0.15, -0.1) is 0 Å². The molecule has 12 heteroatoms. The standard InChI is InChI=1S/C26H35F6N3O3/c1-23(2)12-6-7-13-24(26(30,31)32,37-15-16-8-4-3-5-9-16)22-35-34-21(38-22)18-11-10-17(25(27,28)29)20(33-18)19(36)14-23/h3-5,8-9,17-18,20-22,33-35H,6-7,10-15H2,1-2H3/t17?,18?,20?,21?,22?,24-/m1/s1. The maximum Gasteiger partial charge on any atom is 0.421 e. The lowest BCUT2D eigenvalue weighted by Crippen LogP contribution is -2.61. The van der Waals surface area contributed by atoms with Gasteiger partial charge < -0.3 is 14.8 Å². The zero-order valence-electron chi connectivity index (χ0n) is 21.4. The summed E-state index contributed by atoms with van der Waals surface area (Å²) in [4.78, 5) is 13.1. The van der Waals surface area contributed by atoms with Crippen molar-refractivity contribution in [3.8, 4) is 0 Å². The lowest BCUT2D eigenvalue weighted by molar-refractivity contribution is -0.320. The minimum absolute atomic E-state index is 0.0344. The molecule has 3 aliphatic heterocycles. The number of fused-ring (bicyclic) bond motifs is 5. The Morgan fingerprint density at radius 3 is 2.34 bits per heavy atom. The molecule has 0 aromatic heterocycles. The molecule has 3 N–H and O–H groups in total. The van der Waals surface area contributed by atoms with Crippen molar-refractivity contribution in [2.24, 2.45) is 11.3 Å². The minimum Gasteiger partial charge on any atom is -0.357 e. The van der Waals surface area contributed by atoms with E-state index in [1.807, 2.05) is 0 Å². The van der Waals surface area contributed by atoms with Crippen LogP contribution in [0.4, 0.5) is 26.3 Å². The molecule has 3 heterocycles. The van der Waals surface area contributed by atoms with Crippen molar-refractivity contribution < 1.29 is 40.6 Å². The zero-order valence-corrected chi connectivity index (χ0v) is 21.4. The maximum absolute atomic E-state index is 14.8. The van der Waals surface area contributed by atoms with E-state index in [0.29, 0.717) is 18.4 Å². The first-order valence-corrected chi connectivity index (χ1v) is 13.0. The summed E-state index contributed by atoms with van der Waals surface area (Å²) in [7, 11) is 0. The van der Waals surface area contributed by atoms with Crippen molar-refractivity contribution in [2.75, 3.05) is 0 Å². The molecule has 0 saturated carbocycles. The fourth-order valence-electron chi connectivity index (χ4n) is 5.76. The van der Waals surface area contributed by atoms with Crippen LogP contribution in [-0.2, 0) is 20.9 Å². The highest BCUT2D eigenvalue weighted by Crippen LogP contribution is 2.45. The van der Waals surface area contributed by atoms with E-state index in [1.165, 1.54) is 0 Å². The second-order valence-electron chi connectivity index (χ2n) is 11.4. The molecule has 6 nitrogen and oxygen atoms in total. The summed E-state index contributed by atoms with van der Waals surface area (Å²) in [6, 6.07) is 6.18. The van der Waals surface area contributed by atoms with Gasteiger partial charge in [-0.3, -0.25) is 4.79 Å². The van der Waals surface area contributed by atoms with Crippen molar-refractivity contribution in [1.29, 1.82) is 0 Å². The van der Waals surface area contributed by atoms with Gasteiger partial charge in [-0.1, -0.05) is 57.0 Å². The first-order valence-electron chi connectivity index (χ1n) is 13.0. The summed E-state index contributed by atoms with van der Waals surface area (Å²) < 4.78 is 97.4. The Balaban J connectivity index is 1.65. The van der Waals surface area contributed by atoms with E-state index in [2.05, 4.69) is 16.2 Å². The molecule has 5 unspecified atom stereocenters. The van der Waals surface area contributed by atoms with Crippen LogP contribution < -0.4 is 16.2 Å². The van der Waals surface area contributed by atoms with E-state index < -0.39 is 66.0 Å². The van der Waals surface area contributed by atoms with Crippen molar-refractivity contribution in [3.63, 3.8) is 0 Å². The number of ether oxygens (including phenoxy) is 2. The van der Waals surface area contributed by atoms with Gasteiger partial charge in [0.05, 0.1) is 18.6 Å². The number of benzene rings is 1. The van der Waals surface area contributed by atoms with Crippen LogP contribution in [0.1, 0.15) is 64.4 Å². The molecular weight excluding hydrogens is 516 g/mol. The number of alkyl halides is 6. The average molecular weight is 552 g/mol. The van der Waals surface area contributed by atoms with Crippen molar-refractivity contribution in [3.05, 3.63) is 35.9 Å². The second kappa shape index (κ2) is 11.0. The minimum atomic E-state index is -4.82. The SMILES string of the molecule is CC1(C)CCCC[C@](OCc2ccccc2)(C(F)(F)F)C2NNC(O2)C2CCC(C(F)(F)F)C(N2)C(=O)C1. The number of carbonyl (C=O) groups excluding carboxylic acids is 1. The molecule has 1 aromatic carbocycles. The molecule has 38 heavy (non-hydrogen) atoms. The number of hydrazine groups is 1. The Morgan fingerprint density at radius 2 is 1.68 bits per heavy atom. The Kier molecular flexibility index (Phi) is 8.50. The van der Waals surface area contributed by atoms with Crippen LogP contribution in [0.2, 0.25) is 0 Å². The van der Waals surface area contributed by atoms with E-state index in [0.717, 1.165) is 0 Å². The van der Waals surface area contributed by atoms with Crippen LogP contribution in [0.3, 0.4) is 0 Å². The Hall–Kier alpha value is -1.73. The average Bonchev–Trinajstić information content (AvgIpc) is 3.32. The van der Waals surface area contributed by atoms with Gasteiger partial charge in [0.2, 0.25) is 5.60 Å². The van der Waals surface area contributed by atoms with E-state index in [-0.39, 0.29) is 32.3 Å². The molecule has 4 bridgehead atoms. The number of ketones is 1. The van der Waals surface area contributed by atoms with Gasteiger partial charge >= 0.3 is 12.4 Å². The quantitative estimate of drug-likeness (QED) is 0.452. The third-order valence-corrected chi connectivity index (χ3v) is 7.90. The Morgan fingerprint density at radius 1 is 1.00 bits per heavy atom. The van der Waals surface area contributed by atoms with E-state index in [9.17, 15) is 31.1 Å². The number of Topliss-reactive ketones (excluding diaryl/α,β-unsaturated/α-hetero) is 1. The number of carbonyl (C=O) groups is 1. The maximum atomic E-state index is 14.8. The Labute approximate surface area is 218 Å². The van der Waals surface area contributed by atoms with Gasteiger partial charge in [0, 0.05) is 12.5 Å². The lowest BCUT2D eigenvalue weighted by Gasteiger charge is -2.42. The molecule has 1 aromatic rings. The molecule has 6 atom stereocenters. The molecule has 3 aliphatic rings. The first-order chi connectivity index (χ1) is 17.7. The number of rotatable bonds is 3. The predicted octanol–water partition coefficient (Wildman–Crippen LogP) is 5.14. The number of hydrogen-bond acceptors (Lipinski definition) is 6. The summed E-state index contributed by atoms with van der Waals surface area (Å²) in [5.41, 5.74) is 2.43. The number of halogens is 6. The largest absolute Gasteiger partial charge is 0.421 e. The lowest BCUT2D eigenvalue weighted by atomic mass is 9.76. The molecule has 0 amide bonds. The summed E-state index contributed by atoms with van der Waals surface area (Å²) in [5, 5.41) is 2.78. The third kappa shape index (κ3) is 6.35. The summed E-state index contributed by atoms with van der Waals surface area (Å²) >= 11 is 0. The fraction of sp³-hybridized carbons (Fsp3) is 0.731. The van der Waals surface area contributed by atoms with Crippen LogP contribution in [0.15, 0.2) is 30.3 Å². The monoisotopic (exact) mass is 551 g/mol.